The lowest BCUT2D eigenvalue weighted by Crippen LogP contribution is -2.48. The predicted molar refractivity (Wildman–Crippen MR) is 67.8 cm³/mol. The van der Waals surface area contributed by atoms with Gasteiger partial charge in [0.05, 0.1) is 11.2 Å². The second-order valence-corrected chi connectivity index (χ2v) is 6.71. The summed E-state index contributed by atoms with van der Waals surface area (Å²) in [6.07, 6.45) is 10.7. The molecule has 3 fully saturated rings. The molecule has 3 aliphatic rings. The minimum absolute atomic E-state index is 0.154. The van der Waals surface area contributed by atoms with E-state index in [1.165, 1.54) is 38.5 Å². The Balaban J connectivity index is 1.75. The van der Waals surface area contributed by atoms with Crippen LogP contribution in [0.5, 0.6) is 0 Å². The van der Waals surface area contributed by atoms with E-state index in [2.05, 4.69) is 6.92 Å². The molecule has 2 aliphatic carbocycles. The van der Waals surface area contributed by atoms with Crippen molar-refractivity contribution >= 4 is 0 Å². The summed E-state index contributed by atoms with van der Waals surface area (Å²) in [7, 11) is 0. The maximum Gasteiger partial charge on any atom is 0.0703 e. The first-order valence-corrected chi connectivity index (χ1v) is 7.51. The van der Waals surface area contributed by atoms with Crippen molar-refractivity contribution in [2.24, 2.45) is 11.8 Å². The lowest BCUT2D eigenvalue weighted by Gasteiger charge is -2.45. The molecule has 17 heavy (non-hydrogen) atoms. The van der Waals surface area contributed by atoms with Gasteiger partial charge in [-0.15, -0.1) is 0 Å². The first-order chi connectivity index (χ1) is 8.15. The van der Waals surface area contributed by atoms with Gasteiger partial charge in [0.2, 0.25) is 0 Å². The van der Waals surface area contributed by atoms with E-state index in [1.54, 1.807) is 0 Å². The van der Waals surface area contributed by atoms with Crippen LogP contribution in [-0.4, -0.2) is 22.9 Å². The van der Waals surface area contributed by atoms with Crippen molar-refractivity contribution in [1.82, 2.24) is 0 Å². The lowest BCUT2D eigenvalue weighted by molar-refractivity contribution is -0.149. The predicted octanol–water partition coefficient (Wildman–Crippen LogP) is 3.28. The van der Waals surface area contributed by atoms with Gasteiger partial charge in [-0.1, -0.05) is 26.2 Å². The van der Waals surface area contributed by atoms with Crippen molar-refractivity contribution in [3.05, 3.63) is 0 Å². The van der Waals surface area contributed by atoms with Crippen LogP contribution in [-0.2, 0) is 4.74 Å². The van der Waals surface area contributed by atoms with E-state index in [9.17, 15) is 5.11 Å². The van der Waals surface area contributed by atoms with Gasteiger partial charge in [-0.05, 0) is 50.4 Å². The summed E-state index contributed by atoms with van der Waals surface area (Å²) < 4.78 is 6.09. The van der Waals surface area contributed by atoms with Crippen molar-refractivity contribution < 1.29 is 9.84 Å². The van der Waals surface area contributed by atoms with Gasteiger partial charge in [-0.2, -0.15) is 0 Å². The standard InChI is InChI=1S/C15H26O2/c1-12-5-4-9-15(12,16)13-6-10-17-14(11-13)7-2-3-8-14/h12-13,16H,2-11H2,1H3. The second kappa shape index (κ2) is 4.24. The summed E-state index contributed by atoms with van der Waals surface area (Å²) in [6, 6.07) is 0. The third-order valence-corrected chi connectivity index (χ3v) is 5.78. The fraction of sp³-hybridized carbons (Fsp3) is 1.00. The molecule has 1 heterocycles. The van der Waals surface area contributed by atoms with Crippen LogP contribution in [0.15, 0.2) is 0 Å². The van der Waals surface area contributed by atoms with Crippen molar-refractivity contribution in [2.45, 2.75) is 75.9 Å². The number of rotatable bonds is 1. The SMILES string of the molecule is CC1CCCC1(O)C1CCOC2(CCCC2)C1. The summed E-state index contributed by atoms with van der Waals surface area (Å²) in [5.41, 5.74) is -0.222. The molecule has 98 valence electrons. The van der Waals surface area contributed by atoms with E-state index in [0.717, 1.165) is 25.9 Å². The molecular weight excluding hydrogens is 212 g/mol. The van der Waals surface area contributed by atoms with Crippen LogP contribution in [0.25, 0.3) is 0 Å². The Bertz CT molecular complexity index is 283. The van der Waals surface area contributed by atoms with Gasteiger partial charge in [0.1, 0.15) is 0 Å². The Morgan fingerprint density at radius 3 is 2.47 bits per heavy atom. The summed E-state index contributed by atoms with van der Waals surface area (Å²) in [6.45, 7) is 3.11. The number of ether oxygens (including phenoxy) is 1. The van der Waals surface area contributed by atoms with Crippen molar-refractivity contribution in [2.75, 3.05) is 6.61 Å². The first kappa shape index (κ1) is 12.0. The highest BCUT2D eigenvalue weighted by atomic mass is 16.5. The van der Waals surface area contributed by atoms with Crippen molar-refractivity contribution in [3.63, 3.8) is 0 Å². The Morgan fingerprint density at radius 2 is 1.82 bits per heavy atom. The Morgan fingerprint density at radius 1 is 1.06 bits per heavy atom. The quantitative estimate of drug-likeness (QED) is 0.759. The number of hydrogen-bond acceptors (Lipinski definition) is 2. The summed E-state index contributed by atoms with van der Waals surface area (Å²) >= 11 is 0. The Kier molecular flexibility index (Phi) is 2.99. The van der Waals surface area contributed by atoms with Gasteiger partial charge < -0.3 is 9.84 Å². The molecule has 1 saturated heterocycles. The molecule has 0 aromatic carbocycles. The minimum Gasteiger partial charge on any atom is -0.389 e. The minimum atomic E-state index is -0.376. The molecule has 2 nitrogen and oxygen atoms in total. The first-order valence-electron chi connectivity index (χ1n) is 7.51. The maximum absolute atomic E-state index is 11.0. The largest absolute Gasteiger partial charge is 0.389 e. The van der Waals surface area contributed by atoms with E-state index >= 15 is 0 Å². The Hall–Kier alpha value is -0.0800. The van der Waals surface area contributed by atoms with Crippen LogP contribution in [0.4, 0.5) is 0 Å². The van der Waals surface area contributed by atoms with E-state index in [4.69, 9.17) is 4.74 Å². The zero-order valence-electron chi connectivity index (χ0n) is 11.1. The van der Waals surface area contributed by atoms with Crippen LogP contribution < -0.4 is 0 Å². The molecule has 3 unspecified atom stereocenters. The molecule has 0 amide bonds. The van der Waals surface area contributed by atoms with E-state index in [-0.39, 0.29) is 11.2 Å². The van der Waals surface area contributed by atoms with Crippen LogP contribution >= 0.6 is 0 Å². The average Bonchev–Trinajstić information content (AvgIpc) is 2.89. The van der Waals surface area contributed by atoms with Crippen LogP contribution in [0.3, 0.4) is 0 Å². The van der Waals surface area contributed by atoms with Crippen LogP contribution in [0, 0.1) is 11.8 Å². The van der Waals surface area contributed by atoms with Gasteiger partial charge in [-0.3, -0.25) is 0 Å². The maximum atomic E-state index is 11.0. The van der Waals surface area contributed by atoms with Gasteiger partial charge in [0.15, 0.2) is 0 Å². The molecule has 3 rings (SSSR count). The zero-order valence-corrected chi connectivity index (χ0v) is 11.1. The molecule has 1 N–H and O–H groups in total. The topological polar surface area (TPSA) is 29.5 Å². The van der Waals surface area contributed by atoms with E-state index in [0.29, 0.717) is 11.8 Å². The average molecular weight is 238 g/mol. The van der Waals surface area contributed by atoms with Gasteiger partial charge in [-0.25, -0.2) is 0 Å². The van der Waals surface area contributed by atoms with Crippen molar-refractivity contribution in [1.29, 1.82) is 0 Å². The molecule has 0 aromatic heterocycles. The fourth-order valence-electron chi connectivity index (χ4n) is 4.62. The molecule has 2 saturated carbocycles. The Labute approximate surface area is 105 Å². The van der Waals surface area contributed by atoms with Gasteiger partial charge >= 0.3 is 0 Å². The summed E-state index contributed by atoms with van der Waals surface area (Å²) in [4.78, 5) is 0. The molecule has 1 spiro atoms. The van der Waals surface area contributed by atoms with Gasteiger partial charge in [0, 0.05) is 6.61 Å². The highest BCUT2D eigenvalue weighted by Gasteiger charge is 2.50. The van der Waals surface area contributed by atoms with E-state index in [1.807, 2.05) is 0 Å². The molecule has 0 aromatic rings. The molecular formula is C15H26O2. The normalized spacial score (nSPS) is 45.5. The third-order valence-electron chi connectivity index (χ3n) is 5.78. The van der Waals surface area contributed by atoms with Crippen LogP contribution in [0.1, 0.15) is 64.7 Å². The van der Waals surface area contributed by atoms with Gasteiger partial charge in [0.25, 0.3) is 0 Å². The highest BCUT2D eigenvalue weighted by Crippen LogP contribution is 2.50. The number of hydrogen-bond donors (Lipinski definition) is 1. The molecule has 3 atom stereocenters. The van der Waals surface area contributed by atoms with Crippen LogP contribution in [0.2, 0.25) is 0 Å². The molecule has 1 aliphatic heterocycles. The fourth-order valence-corrected chi connectivity index (χ4v) is 4.62. The molecule has 2 heteroatoms. The molecule has 0 bridgehead atoms. The zero-order chi connectivity index (χ0) is 11.9. The number of aliphatic hydroxyl groups is 1. The smallest absolute Gasteiger partial charge is 0.0703 e. The van der Waals surface area contributed by atoms with E-state index < -0.39 is 0 Å². The highest BCUT2D eigenvalue weighted by molar-refractivity contribution is 5.01. The third kappa shape index (κ3) is 1.94. The van der Waals surface area contributed by atoms with Crippen molar-refractivity contribution in [3.8, 4) is 0 Å². The summed E-state index contributed by atoms with van der Waals surface area (Å²) in [5, 5.41) is 11.0. The second-order valence-electron chi connectivity index (χ2n) is 6.71. The summed E-state index contributed by atoms with van der Waals surface area (Å²) in [5.74, 6) is 0.982. The lowest BCUT2D eigenvalue weighted by atomic mass is 9.71. The monoisotopic (exact) mass is 238 g/mol. The molecule has 0 radical (unpaired) electrons.